The minimum atomic E-state index is 0.140. The topological polar surface area (TPSA) is 52.8 Å². The minimum absolute atomic E-state index is 0.140. The fourth-order valence-electron chi connectivity index (χ4n) is 2.18. The third-order valence-corrected chi connectivity index (χ3v) is 2.85. The zero-order valence-corrected chi connectivity index (χ0v) is 8.38. The maximum atomic E-state index is 9.81. The summed E-state index contributed by atoms with van der Waals surface area (Å²) in [5.41, 5.74) is 3.78. The van der Waals surface area contributed by atoms with Gasteiger partial charge in [-0.2, -0.15) is 0 Å². The van der Waals surface area contributed by atoms with Crippen LogP contribution in [0.3, 0.4) is 0 Å². The summed E-state index contributed by atoms with van der Waals surface area (Å²) in [6.45, 7) is 0. The molecule has 0 saturated heterocycles. The first-order chi connectivity index (χ1) is 7.83. The van der Waals surface area contributed by atoms with Crippen LogP contribution in [0.15, 0.2) is 47.6 Å². The van der Waals surface area contributed by atoms with Gasteiger partial charge in [0, 0.05) is 5.56 Å². The van der Waals surface area contributed by atoms with E-state index in [0.717, 1.165) is 16.7 Å². The lowest BCUT2D eigenvalue weighted by molar-refractivity contribution is 0.319. The second-order valence-corrected chi connectivity index (χ2v) is 3.69. The Balaban J connectivity index is 2.44. The number of oxime groups is 1. The van der Waals surface area contributed by atoms with Gasteiger partial charge < -0.3 is 10.3 Å². The summed E-state index contributed by atoms with van der Waals surface area (Å²) < 4.78 is 0. The van der Waals surface area contributed by atoms with Crippen molar-refractivity contribution in [2.75, 3.05) is 0 Å². The number of fused-ring (bicyclic) bond motifs is 3. The van der Waals surface area contributed by atoms with Crippen LogP contribution in [-0.2, 0) is 0 Å². The van der Waals surface area contributed by atoms with E-state index in [9.17, 15) is 5.11 Å². The molecule has 0 radical (unpaired) electrons. The second kappa shape index (κ2) is 3.10. The number of rotatable bonds is 0. The second-order valence-electron chi connectivity index (χ2n) is 3.69. The molecule has 0 saturated carbocycles. The Kier molecular flexibility index (Phi) is 1.74. The van der Waals surface area contributed by atoms with Crippen LogP contribution in [0.1, 0.15) is 11.1 Å². The van der Waals surface area contributed by atoms with E-state index in [1.165, 1.54) is 0 Å². The normalized spacial score (nSPS) is 14.9. The summed E-state index contributed by atoms with van der Waals surface area (Å²) in [5, 5.41) is 22.2. The number of hydrogen-bond acceptors (Lipinski definition) is 3. The molecule has 0 amide bonds. The van der Waals surface area contributed by atoms with Crippen molar-refractivity contribution in [3.8, 4) is 16.9 Å². The average molecular weight is 211 g/mol. The Bertz CT molecular complexity index is 603. The Hall–Kier alpha value is -2.29. The maximum Gasteiger partial charge on any atom is 0.125 e. The Labute approximate surface area is 92.3 Å². The molecule has 3 heteroatoms. The molecular formula is C13H9NO2. The molecule has 0 fully saturated rings. The predicted octanol–water partition coefficient (Wildman–Crippen LogP) is 2.60. The van der Waals surface area contributed by atoms with Crippen molar-refractivity contribution >= 4 is 5.71 Å². The standard InChI is InChI=1S/C13H9NO2/c15-11-7-3-6-9-8-4-1-2-5-10(8)13(14-16)12(9)11/h1-7,15-16H. The van der Waals surface area contributed by atoms with Gasteiger partial charge in [0.15, 0.2) is 0 Å². The van der Waals surface area contributed by atoms with Crippen LogP contribution in [0, 0.1) is 0 Å². The number of phenols is 1. The summed E-state index contributed by atoms with van der Waals surface area (Å²) in [5.74, 6) is 0.140. The molecule has 78 valence electrons. The van der Waals surface area contributed by atoms with Crippen LogP contribution < -0.4 is 0 Å². The fraction of sp³-hybridized carbons (Fsp3) is 0. The first kappa shape index (κ1) is 8.97. The van der Waals surface area contributed by atoms with E-state index in [2.05, 4.69) is 5.16 Å². The summed E-state index contributed by atoms with van der Waals surface area (Å²) in [4.78, 5) is 0. The first-order valence-corrected chi connectivity index (χ1v) is 4.97. The molecular weight excluding hydrogens is 202 g/mol. The molecule has 2 aromatic rings. The highest BCUT2D eigenvalue weighted by Gasteiger charge is 2.27. The van der Waals surface area contributed by atoms with Gasteiger partial charge in [0.2, 0.25) is 0 Å². The summed E-state index contributed by atoms with van der Waals surface area (Å²) in [6.07, 6.45) is 0. The molecule has 2 N–H and O–H groups in total. The Morgan fingerprint density at radius 1 is 0.812 bits per heavy atom. The number of aromatic hydroxyl groups is 1. The van der Waals surface area contributed by atoms with Crippen LogP contribution >= 0.6 is 0 Å². The highest BCUT2D eigenvalue weighted by Crippen LogP contribution is 2.40. The number of phenolic OH excluding ortho intramolecular Hbond substituents is 1. The molecule has 2 aromatic carbocycles. The number of nitrogens with zero attached hydrogens (tertiary/aromatic N) is 1. The van der Waals surface area contributed by atoms with Crippen LogP contribution in [0.25, 0.3) is 11.1 Å². The summed E-state index contributed by atoms with van der Waals surface area (Å²) >= 11 is 0. The van der Waals surface area contributed by atoms with Gasteiger partial charge in [-0.3, -0.25) is 0 Å². The van der Waals surface area contributed by atoms with Gasteiger partial charge >= 0.3 is 0 Å². The summed E-state index contributed by atoms with van der Waals surface area (Å²) in [6, 6.07) is 12.9. The highest BCUT2D eigenvalue weighted by molar-refractivity contribution is 6.25. The zero-order valence-electron chi connectivity index (χ0n) is 8.38. The van der Waals surface area contributed by atoms with E-state index < -0.39 is 0 Å². The van der Waals surface area contributed by atoms with Gasteiger partial charge in [-0.05, 0) is 17.2 Å². The zero-order chi connectivity index (χ0) is 11.1. The van der Waals surface area contributed by atoms with Gasteiger partial charge in [-0.25, -0.2) is 0 Å². The van der Waals surface area contributed by atoms with Gasteiger partial charge in [0.05, 0.1) is 5.56 Å². The molecule has 0 unspecified atom stereocenters. The smallest absolute Gasteiger partial charge is 0.125 e. The van der Waals surface area contributed by atoms with Crippen molar-refractivity contribution in [2.24, 2.45) is 5.16 Å². The van der Waals surface area contributed by atoms with Crippen LogP contribution in [0.5, 0.6) is 5.75 Å². The average Bonchev–Trinajstić information content (AvgIpc) is 2.65. The molecule has 0 atom stereocenters. The lowest BCUT2D eigenvalue weighted by Gasteiger charge is -2.01. The van der Waals surface area contributed by atoms with E-state index in [1.54, 1.807) is 12.1 Å². The SMILES string of the molecule is ON=C1c2ccccc2-c2cccc(O)c21. The maximum absolute atomic E-state index is 9.81. The van der Waals surface area contributed by atoms with Crippen LogP contribution in [0.2, 0.25) is 0 Å². The molecule has 0 heterocycles. The van der Waals surface area contributed by atoms with Crippen molar-refractivity contribution < 1.29 is 10.3 Å². The van der Waals surface area contributed by atoms with Crippen LogP contribution in [0.4, 0.5) is 0 Å². The van der Waals surface area contributed by atoms with Crippen LogP contribution in [-0.4, -0.2) is 16.0 Å². The minimum Gasteiger partial charge on any atom is -0.507 e. The lowest BCUT2D eigenvalue weighted by Crippen LogP contribution is -1.97. The van der Waals surface area contributed by atoms with Crippen molar-refractivity contribution in [3.05, 3.63) is 53.6 Å². The molecule has 16 heavy (non-hydrogen) atoms. The third-order valence-electron chi connectivity index (χ3n) is 2.85. The molecule has 3 nitrogen and oxygen atoms in total. The summed E-state index contributed by atoms with van der Waals surface area (Å²) in [7, 11) is 0. The van der Waals surface area contributed by atoms with Gasteiger partial charge in [0.1, 0.15) is 11.5 Å². The Morgan fingerprint density at radius 2 is 1.50 bits per heavy atom. The van der Waals surface area contributed by atoms with Crippen molar-refractivity contribution in [2.45, 2.75) is 0 Å². The molecule has 1 aliphatic carbocycles. The van der Waals surface area contributed by atoms with Crippen molar-refractivity contribution in [1.82, 2.24) is 0 Å². The fourth-order valence-corrected chi connectivity index (χ4v) is 2.18. The molecule has 1 aliphatic rings. The first-order valence-electron chi connectivity index (χ1n) is 4.97. The van der Waals surface area contributed by atoms with E-state index in [0.29, 0.717) is 11.3 Å². The van der Waals surface area contributed by atoms with Gasteiger partial charge in [0.25, 0.3) is 0 Å². The molecule has 0 spiro atoms. The largest absolute Gasteiger partial charge is 0.507 e. The highest BCUT2D eigenvalue weighted by atomic mass is 16.4. The number of hydrogen-bond donors (Lipinski definition) is 2. The van der Waals surface area contributed by atoms with Gasteiger partial charge in [-0.15, -0.1) is 0 Å². The van der Waals surface area contributed by atoms with E-state index >= 15 is 0 Å². The molecule has 0 aromatic heterocycles. The number of benzene rings is 2. The third kappa shape index (κ3) is 0.997. The quantitative estimate of drug-likeness (QED) is 0.443. The lowest BCUT2D eigenvalue weighted by atomic mass is 10.1. The van der Waals surface area contributed by atoms with Crippen molar-refractivity contribution in [1.29, 1.82) is 0 Å². The van der Waals surface area contributed by atoms with Crippen molar-refractivity contribution in [3.63, 3.8) is 0 Å². The predicted molar refractivity (Wildman–Crippen MR) is 61.0 cm³/mol. The van der Waals surface area contributed by atoms with Gasteiger partial charge in [-0.1, -0.05) is 41.6 Å². The molecule has 0 bridgehead atoms. The monoisotopic (exact) mass is 211 g/mol. The molecule has 0 aliphatic heterocycles. The van der Waals surface area contributed by atoms with E-state index in [-0.39, 0.29) is 5.75 Å². The molecule has 3 rings (SSSR count). The Morgan fingerprint density at radius 3 is 2.25 bits per heavy atom. The van der Waals surface area contributed by atoms with E-state index in [1.807, 2.05) is 30.3 Å². The van der Waals surface area contributed by atoms with E-state index in [4.69, 9.17) is 5.21 Å².